The Balaban J connectivity index is 1.53. The Bertz CT molecular complexity index is 818. The Morgan fingerprint density at radius 3 is 2.62 bits per heavy atom. The van der Waals surface area contributed by atoms with E-state index in [1.807, 2.05) is 45.0 Å². The number of unbranched alkanes of at least 4 members (excludes halogenated alkanes) is 4. The molecule has 0 unspecified atom stereocenters. The zero-order chi connectivity index (χ0) is 21.1. The third-order valence-electron chi connectivity index (χ3n) is 4.17. The van der Waals surface area contributed by atoms with E-state index in [-0.39, 0.29) is 11.5 Å². The van der Waals surface area contributed by atoms with E-state index in [2.05, 4.69) is 20.8 Å². The maximum Gasteiger partial charge on any atom is 0.265 e. The van der Waals surface area contributed by atoms with Gasteiger partial charge in [0, 0.05) is 35.4 Å². The van der Waals surface area contributed by atoms with Gasteiger partial charge in [0.05, 0.1) is 5.52 Å². The highest BCUT2D eigenvalue weighted by molar-refractivity contribution is 6.31. The Kier molecular flexibility index (Phi) is 9.19. The summed E-state index contributed by atoms with van der Waals surface area (Å²) >= 11 is 6.03. The molecule has 7 heteroatoms. The highest BCUT2D eigenvalue weighted by Gasteiger charge is 2.09. The number of carbonyl (C=O) groups is 1. The van der Waals surface area contributed by atoms with Crippen LogP contribution in [-0.2, 0) is 9.63 Å². The molecule has 2 aromatic rings. The van der Waals surface area contributed by atoms with Crippen molar-refractivity contribution in [3.63, 3.8) is 0 Å². The summed E-state index contributed by atoms with van der Waals surface area (Å²) < 4.78 is 0. The Hall–Kier alpha value is -2.34. The topological polar surface area (TPSA) is 75.6 Å². The van der Waals surface area contributed by atoms with Gasteiger partial charge in [-0.2, -0.15) is 0 Å². The molecule has 1 amide bonds. The van der Waals surface area contributed by atoms with E-state index in [0.29, 0.717) is 11.6 Å². The van der Waals surface area contributed by atoms with Gasteiger partial charge in [-0.1, -0.05) is 36.0 Å². The Morgan fingerprint density at radius 2 is 1.86 bits per heavy atom. The van der Waals surface area contributed by atoms with Crippen LogP contribution in [-0.4, -0.2) is 35.8 Å². The molecular formula is C22H31ClN4O2. The molecule has 1 aromatic heterocycles. The first-order chi connectivity index (χ1) is 13.8. The van der Waals surface area contributed by atoms with Crippen LogP contribution in [0.2, 0.25) is 5.02 Å². The minimum atomic E-state index is -0.385. The number of hydrogen-bond donors (Lipinski definition) is 2. The molecule has 0 spiro atoms. The fraction of sp³-hybridized carbons (Fsp3) is 0.500. The third-order valence-corrected chi connectivity index (χ3v) is 4.40. The largest absolute Gasteiger partial charge is 0.390 e. The van der Waals surface area contributed by atoms with Crippen LogP contribution in [0.3, 0.4) is 0 Å². The number of nitrogens with one attached hydrogen (secondary N) is 2. The number of rotatable bonds is 11. The zero-order valence-corrected chi connectivity index (χ0v) is 18.3. The molecule has 1 heterocycles. The number of amides is 1. The number of fused-ring (bicyclic) bond motifs is 1. The van der Waals surface area contributed by atoms with Crippen molar-refractivity contribution in [3.05, 3.63) is 35.5 Å². The molecule has 0 aliphatic carbocycles. The van der Waals surface area contributed by atoms with Crippen LogP contribution in [0.1, 0.15) is 52.9 Å². The van der Waals surface area contributed by atoms with Gasteiger partial charge >= 0.3 is 0 Å². The van der Waals surface area contributed by atoms with E-state index in [4.69, 9.17) is 16.4 Å². The lowest BCUT2D eigenvalue weighted by Crippen LogP contribution is -2.26. The number of oxime groups is 1. The average Bonchev–Trinajstić information content (AvgIpc) is 2.65. The molecule has 2 N–H and O–H groups in total. The van der Waals surface area contributed by atoms with E-state index in [1.54, 1.807) is 6.20 Å². The Labute approximate surface area is 178 Å². The number of aromatic nitrogens is 1. The standard InChI is InChI=1S/C22H31ClN4O2/c1-22(2,3)29-27-16-21(28)26-13-8-6-4-5-7-12-24-19-11-14-25-20-15-17(23)9-10-18(19)20/h9-11,14-16H,4-8,12-13H2,1-3H3,(H,24,25)(H,26,28)/b27-16+. The lowest BCUT2D eigenvalue weighted by atomic mass is 10.1. The van der Waals surface area contributed by atoms with Gasteiger partial charge in [-0.15, -0.1) is 0 Å². The fourth-order valence-corrected chi connectivity index (χ4v) is 2.93. The summed E-state index contributed by atoms with van der Waals surface area (Å²) in [7, 11) is 0. The van der Waals surface area contributed by atoms with E-state index >= 15 is 0 Å². The van der Waals surface area contributed by atoms with E-state index in [9.17, 15) is 4.79 Å². The molecular weight excluding hydrogens is 388 g/mol. The maximum atomic E-state index is 11.6. The van der Waals surface area contributed by atoms with Crippen molar-refractivity contribution in [2.24, 2.45) is 5.16 Å². The first-order valence-corrected chi connectivity index (χ1v) is 10.5. The monoisotopic (exact) mass is 418 g/mol. The zero-order valence-electron chi connectivity index (χ0n) is 17.5. The van der Waals surface area contributed by atoms with E-state index < -0.39 is 0 Å². The SMILES string of the molecule is CC(C)(C)O/N=C/C(=O)NCCCCCCCNc1ccnc2cc(Cl)ccc12. The van der Waals surface area contributed by atoms with Crippen LogP contribution in [0.5, 0.6) is 0 Å². The second-order valence-electron chi connectivity index (χ2n) is 7.94. The number of carbonyl (C=O) groups excluding carboxylic acids is 1. The van der Waals surface area contributed by atoms with Crippen molar-refractivity contribution in [3.8, 4) is 0 Å². The Morgan fingerprint density at radius 1 is 1.14 bits per heavy atom. The molecule has 0 aliphatic rings. The van der Waals surface area contributed by atoms with E-state index in [0.717, 1.165) is 55.2 Å². The highest BCUT2D eigenvalue weighted by atomic mass is 35.5. The molecule has 0 saturated heterocycles. The van der Waals surface area contributed by atoms with Crippen LogP contribution < -0.4 is 10.6 Å². The predicted octanol–water partition coefficient (Wildman–Crippen LogP) is 5.17. The molecule has 0 saturated carbocycles. The number of nitrogens with zero attached hydrogens (tertiary/aromatic N) is 2. The lowest BCUT2D eigenvalue weighted by molar-refractivity contribution is -0.114. The first kappa shape index (κ1) is 22.9. The van der Waals surface area contributed by atoms with Gasteiger partial charge in [-0.25, -0.2) is 0 Å². The molecule has 0 fully saturated rings. The number of pyridine rings is 1. The number of halogens is 1. The van der Waals surface area contributed by atoms with Gasteiger partial charge in [-0.3, -0.25) is 9.78 Å². The van der Waals surface area contributed by atoms with Crippen LogP contribution in [0.4, 0.5) is 5.69 Å². The summed E-state index contributed by atoms with van der Waals surface area (Å²) in [6.45, 7) is 7.22. The average molecular weight is 419 g/mol. The summed E-state index contributed by atoms with van der Waals surface area (Å²) in [6, 6.07) is 7.76. The molecule has 2 rings (SSSR count). The number of hydrogen-bond acceptors (Lipinski definition) is 5. The fourth-order valence-electron chi connectivity index (χ4n) is 2.77. The second kappa shape index (κ2) is 11.6. The first-order valence-electron chi connectivity index (χ1n) is 10.1. The molecule has 0 radical (unpaired) electrons. The number of benzene rings is 1. The minimum Gasteiger partial charge on any atom is -0.390 e. The van der Waals surface area contributed by atoms with Crippen LogP contribution >= 0.6 is 11.6 Å². The van der Waals surface area contributed by atoms with Crippen LogP contribution in [0, 0.1) is 0 Å². The minimum absolute atomic E-state index is 0.218. The third kappa shape index (κ3) is 9.13. The van der Waals surface area contributed by atoms with Crippen molar-refractivity contribution in [2.45, 2.75) is 58.5 Å². The van der Waals surface area contributed by atoms with Crippen molar-refractivity contribution >= 4 is 40.3 Å². The summed E-state index contributed by atoms with van der Waals surface area (Å²) in [5.41, 5.74) is 1.61. The van der Waals surface area contributed by atoms with Gasteiger partial charge in [-0.05, 0) is 57.9 Å². The molecule has 0 aliphatic heterocycles. The van der Waals surface area contributed by atoms with Gasteiger partial charge < -0.3 is 15.5 Å². The predicted molar refractivity (Wildman–Crippen MR) is 121 cm³/mol. The number of anilines is 1. The molecule has 1 aromatic carbocycles. The van der Waals surface area contributed by atoms with Gasteiger partial charge in [0.1, 0.15) is 11.8 Å². The van der Waals surface area contributed by atoms with Gasteiger partial charge in [0.15, 0.2) is 0 Å². The van der Waals surface area contributed by atoms with Crippen molar-refractivity contribution in [1.29, 1.82) is 0 Å². The summed E-state index contributed by atoms with van der Waals surface area (Å²) in [5, 5.41) is 11.8. The van der Waals surface area contributed by atoms with Crippen molar-refractivity contribution in [1.82, 2.24) is 10.3 Å². The van der Waals surface area contributed by atoms with E-state index in [1.165, 1.54) is 6.21 Å². The normalized spacial score (nSPS) is 11.7. The smallest absolute Gasteiger partial charge is 0.265 e. The highest BCUT2D eigenvalue weighted by Crippen LogP contribution is 2.24. The van der Waals surface area contributed by atoms with Crippen LogP contribution in [0.25, 0.3) is 10.9 Å². The summed E-state index contributed by atoms with van der Waals surface area (Å²) in [6.07, 6.45) is 8.43. The summed E-state index contributed by atoms with van der Waals surface area (Å²) in [4.78, 5) is 21.1. The quantitative estimate of drug-likeness (QED) is 0.300. The summed E-state index contributed by atoms with van der Waals surface area (Å²) in [5.74, 6) is -0.218. The van der Waals surface area contributed by atoms with Crippen molar-refractivity contribution in [2.75, 3.05) is 18.4 Å². The molecule has 158 valence electrons. The van der Waals surface area contributed by atoms with Crippen LogP contribution in [0.15, 0.2) is 35.6 Å². The lowest BCUT2D eigenvalue weighted by Gasteiger charge is -2.14. The second-order valence-corrected chi connectivity index (χ2v) is 8.38. The molecule has 0 bridgehead atoms. The van der Waals surface area contributed by atoms with Crippen molar-refractivity contribution < 1.29 is 9.63 Å². The molecule has 0 atom stereocenters. The van der Waals surface area contributed by atoms with Gasteiger partial charge in [0.25, 0.3) is 5.91 Å². The maximum absolute atomic E-state index is 11.6. The molecule has 6 nitrogen and oxygen atoms in total. The molecule has 29 heavy (non-hydrogen) atoms. The van der Waals surface area contributed by atoms with Gasteiger partial charge in [0.2, 0.25) is 0 Å².